The van der Waals surface area contributed by atoms with Gasteiger partial charge in [-0.2, -0.15) is 0 Å². The molecule has 0 aliphatic heterocycles. The fourth-order valence-corrected chi connectivity index (χ4v) is 3.76. The molecule has 0 unspecified atom stereocenters. The van der Waals surface area contributed by atoms with Gasteiger partial charge in [0, 0.05) is 23.2 Å². The quantitative estimate of drug-likeness (QED) is 0.666. The van der Waals surface area contributed by atoms with Crippen molar-refractivity contribution < 1.29 is 4.79 Å². The number of hydrogen-bond donors (Lipinski definition) is 2. The molecule has 1 aromatic heterocycles. The predicted octanol–water partition coefficient (Wildman–Crippen LogP) is 2.35. The molecule has 2 aromatic rings. The highest BCUT2D eigenvalue weighted by molar-refractivity contribution is 8.03. The summed E-state index contributed by atoms with van der Waals surface area (Å²) >= 11 is 4.53. The molecule has 1 aromatic carbocycles. The average molecular weight is 312 g/mol. The first-order valence-corrected chi connectivity index (χ1v) is 8.16. The summed E-state index contributed by atoms with van der Waals surface area (Å²) in [5, 5.41) is 10.7. The summed E-state index contributed by atoms with van der Waals surface area (Å²) in [5.41, 5.74) is 7.06. The SMILES string of the molecule is CNC(=O)c1ccc(Sc2nnc(SC)s2)c(N)c1. The Morgan fingerprint density at radius 1 is 1.37 bits per heavy atom. The lowest BCUT2D eigenvalue weighted by atomic mass is 10.2. The Morgan fingerprint density at radius 3 is 2.68 bits per heavy atom. The molecular weight excluding hydrogens is 300 g/mol. The van der Waals surface area contributed by atoms with Crippen LogP contribution in [0.5, 0.6) is 0 Å². The summed E-state index contributed by atoms with van der Waals surface area (Å²) in [5.74, 6) is -0.149. The minimum atomic E-state index is -0.149. The topological polar surface area (TPSA) is 80.9 Å². The summed E-state index contributed by atoms with van der Waals surface area (Å²) in [6, 6.07) is 5.23. The van der Waals surface area contributed by atoms with Crippen LogP contribution in [0.4, 0.5) is 5.69 Å². The van der Waals surface area contributed by atoms with E-state index in [-0.39, 0.29) is 5.91 Å². The first-order valence-electron chi connectivity index (χ1n) is 5.31. The molecule has 0 bridgehead atoms. The van der Waals surface area contributed by atoms with Crippen molar-refractivity contribution in [1.82, 2.24) is 15.5 Å². The van der Waals surface area contributed by atoms with Gasteiger partial charge in [0.25, 0.3) is 5.91 Å². The van der Waals surface area contributed by atoms with Crippen LogP contribution >= 0.6 is 34.9 Å². The Bertz CT molecular complexity index is 599. The van der Waals surface area contributed by atoms with Gasteiger partial charge in [-0.15, -0.1) is 10.2 Å². The van der Waals surface area contributed by atoms with E-state index in [1.54, 1.807) is 30.9 Å². The molecule has 5 nitrogen and oxygen atoms in total. The second-order valence-corrected chi connectivity index (χ2v) is 6.79. The zero-order valence-corrected chi connectivity index (χ0v) is 12.8. The first-order chi connectivity index (χ1) is 9.13. The number of hydrogen-bond acceptors (Lipinski definition) is 7. The fourth-order valence-electron chi connectivity index (χ4n) is 1.34. The minimum absolute atomic E-state index is 0.149. The number of carbonyl (C=O) groups is 1. The van der Waals surface area contributed by atoms with Gasteiger partial charge in [-0.25, -0.2) is 0 Å². The van der Waals surface area contributed by atoms with Gasteiger partial charge in [-0.1, -0.05) is 34.9 Å². The molecule has 0 atom stereocenters. The van der Waals surface area contributed by atoms with E-state index in [4.69, 9.17) is 5.73 Å². The number of amides is 1. The number of nitrogen functional groups attached to an aromatic ring is 1. The first kappa shape index (κ1) is 14.2. The number of benzene rings is 1. The Kier molecular flexibility index (Phi) is 4.67. The Morgan fingerprint density at radius 2 is 2.11 bits per heavy atom. The van der Waals surface area contributed by atoms with Crippen molar-refractivity contribution in [2.75, 3.05) is 19.0 Å². The summed E-state index contributed by atoms with van der Waals surface area (Å²) in [4.78, 5) is 12.4. The van der Waals surface area contributed by atoms with E-state index in [0.717, 1.165) is 13.6 Å². The maximum atomic E-state index is 11.5. The van der Waals surface area contributed by atoms with E-state index in [1.807, 2.05) is 12.3 Å². The molecule has 0 saturated carbocycles. The zero-order chi connectivity index (χ0) is 13.8. The molecule has 1 amide bonds. The molecule has 0 radical (unpaired) electrons. The summed E-state index contributed by atoms with van der Waals surface area (Å²) in [7, 11) is 1.59. The lowest BCUT2D eigenvalue weighted by Crippen LogP contribution is -2.17. The van der Waals surface area contributed by atoms with Crippen molar-refractivity contribution in [2.24, 2.45) is 0 Å². The number of thioether (sulfide) groups is 1. The molecule has 0 saturated heterocycles. The second kappa shape index (κ2) is 6.27. The van der Waals surface area contributed by atoms with Crippen molar-refractivity contribution >= 4 is 46.5 Å². The minimum Gasteiger partial charge on any atom is -0.398 e. The van der Waals surface area contributed by atoms with Crippen LogP contribution in [0.25, 0.3) is 0 Å². The Hall–Kier alpha value is -1.25. The van der Waals surface area contributed by atoms with Gasteiger partial charge in [-0.05, 0) is 24.5 Å². The molecule has 0 fully saturated rings. The highest BCUT2D eigenvalue weighted by Crippen LogP contribution is 2.35. The van der Waals surface area contributed by atoms with Gasteiger partial charge in [0.1, 0.15) is 0 Å². The van der Waals surface area contributed by atoms with Crippen molar-refractivity contribution in [3.05, 3.63) is 23.8 Å². The second-order valence-electron chi connectivity index (χ2n) is 3.47. The van der Waals surface area contributed by atoms with Gasteiger partial charge >= 0.3 is 0 Å². The third-order valence-electron chi connectivity index (χ3n) is 2.26. The van der Waals surface area contributed by atoms with Crippen LogP contribution in [0.2, 0.25) is 0 Å². The number of nitrogens with two attached hydrogens (primary N) is 1. The molecule has 8 heteroatoms. The summed E-state index contributed by atoms with van der Waals surface area (Å²) in [6.07, 6.45) is 1.96. The molecule has 100 valence electrons. The predicted molar refractivity (Wildman–Crippen MR) is 80.1 cm³/mol. The fraction of sp³-hybridized carbons (Fsp3) is 0.182. The van der Waals surface area contributed by atoms with E-state index in [2.05, 4.69) is 15.5 Å². The van der Waals surface area contributed by atoms with Gasteiger partial charge < -0.3 is 11.1 Å². The van der Waals surface area contributed by atoms with E-state index >= 15 is 0 Å². The number of nitrogens with one attached hydrogen (secondary N) is 1. The standard InChI is InChI=1S/C11H12N4OS3/c1-13-9(16)6-3-4-8(7(12)5-6)18-11-15-14-10(17-2)19-11/h3-5H,12H2,1-2H3,(H,13,16). The molecule has 0 spiro atoms. The van der Waals surface area contributed by atoms with Crippen LogP contribution in [-0.4, -0.2) is 29.4 Å². The normalized spacial score (nSPS) is 10.4. The number of carbonyl (C=O) groups excluding carboxylic acids is 1. The van der Waals surface area contributed by atoms with Gasteiger partial charge in [0.2, 0.25) is 0 Å². The lowest BCUT2D eigenvalue weighted by molar-refractivity contribution is 0.0963. The smallest absolute Gasteiger partial charge is 0.251 e. The van der Waals surface area contributed by atoms with Crippen LogP contribution in [0.15, 0.2) is 31.8 Å². The summed E-state index contributed by atoms with van der Waals surface area (Å²) in [6.45, 7) is 0. The summed E-state index contributed by atoms with van der Waals surface area (Å²) < 4.78 is 1.76. The van der Waals surface area contributed by atoms with Crippen LogP contribution in [-0.2, 0) is 0 Å². The maximum Gasteiger partial charge on any atom is 0.251 e. The van der Waals surface area contributed by atoms with Crippen LogP contribution in [0.1, 0.15) is 10.4 Å². The van der Waals surface area contributed by atoms with Gasteiger partial charge in [-0.3, -0.25) is 4.79 Å². The molecule has 19 heavy (non-hydrogen) atoms. The van der Waals surface area contributed by atoms with Crippen molar-refractivity contribution in [3.8, 4) is 0 Å². The van der Waals surface area contributed by atoms with Crippen molar-refractivity contribution in [1.29, 1.82) is 0 Å². The number of anilines is 1. The highest BCUT2D eigenvalue weighted by atomic mass is 32.2. The molecule has 0 aliphatic rings. The van der Waals surface area contributed by atoms with Crippen LogP contribution < -0.4 is 11.1 Å². The van der Waals surface area contributed by atoms with Crippen LogP contribution in [0.3, 0.4) is 0 Å². The van der Waals surface area contributed by atoms with E-state index in [0.29, 0.717) is 11.3 Å². The Labute approximate surface area is 123 Å². The number of nitrogens with zero attached hydrogens (tertiary/aromatic N) is 2. The van der Waals surface area contributed by atoms with Crippen molar-refractivity contribution in [2.45, 2.75) is 13.6 Å². The molecule has 0 aliphatic carbocycles. The molecule has 2 rings (SSSR count). The molecular formula is C11H12N4OS3. The number of aromatic nitrogens is 2. The lowest BCUT2D eigenvalue weighted by Gasteiger charge is -2.05. The van der Waals surface area contributed by atoms with E-state index < -0.39 is 0 Å². The third kappa shape index (κ3) is 3.40. The highest BCUT2D eigenvalue weighted by Gasteiger charge is 2.10. The van der Waals surface area contributed by atoms with E-state index in [1.165, 1.54) is 23.1 Å². The third-order valence-corrected chi connectivity index (χ3v) is 5.30. The van der Waals surface area contributed by atoms with Gasteiger partial charge in [0.05, 0.1) is 0 Å². The largest absolute Gasteiger partial charge is 0.398 e. The molecule has 3 N–H and O–H groups in total. The monoisotopic (exact) mass is 312 g/mol. The van der Waals surface area contributed by atoms with Crippen LogP contribution in [0, 0.1) is 0 Å². The van der Waals surface area contributed by atoms with Gasteiger partial charge in [0.15, 0.2) is 8.68 Å². The molecule has 1 heterocycles. The van der Waals surface area contributed by atoms with Crippen molar-refractivity contribution in [3.63, 3.8) is 0 Å². The number of rotatable bonds is 4. The maximum absolute atomic E-state index is 11.5. The average Bonchev–Trinajstić information content (AvgIpc) is 2.88. The Balaban J connectivity index is 2.19. The van der Waals surface area contributed by atoms with E-state index in [9.17, 15) is 4.79 Å². The zero-order valence-electron chi connectivity index (χ0n) is 10.3.